The fraction of sp³-hybridized carbons (Fsp3) is 0.250. The lowest BCUT2D eigenvalue weighted by molar-refractivity contribution is -0.127. The van der Waals surface area contributed by atoms with Crippen molar-refractivity contribution in [1.82, 2.24) is 25.2 Å². The number of nitrogens with one attached hydrogen (secondary N) is 2. The highest BCUT2D eigenvalue weighted by molar-refractivity contribution is 6.42. The van der Waals surface area contributed by atoms with E-state index in [-0.39, 0.29) is 17.7 Å². The van der Waals surface area contributed by atoms with Gasteiger partial charge in [-0.25, -0.2) is 0 Å². The lowest BCUT2D eigenvalue weighted by atomic mass is 9.69. The van der Waals surface area contributed by atoms with Crippen LogP contribution in [0.1, 0.15) is 24.3 Å². The zero-order chi connectivity index (χ0) is 17.4. The molecule has 1 saturated carbocycles. The number of hydrogen-bond acceptors (Lipinski definition) is 5. The van der Waals surface area contributed by atoms with Crippen molar-refractivity contribution in [3.63, 3.8) is 0 Å². The number of anilines is 1. The molecule has 2 heterocycles. The second-order valence-electron chi connectivity index (χ2n) is 5.93. The van der Waals surface area contributed by atoms with E-state index in [0.717, 1.165) is 18.4 Å². The van der Waals surface area contributed by atoms with E-state index in [0.29, 0.717) is 21.5 Å². The molecule has 0 bridgehead atoms. The Morgan fingerprint density at radius 1 is 1.16 bits per heavy atom. The van der Waals surface area contributed by atoms with Gasteiger partial charge in [-0.1, -0.05) is 29.3 Å². The van der Waals surface area contributed by atoms with Gasteiger partial charge in [0, 0.05) is 5.92 Å². The molecule has 1 aliphatic rings. The predicted octanol–water partition coefficient (Wildman–Crippen LogP) is 3.07. The summed E-state index contributed by atoms with van der Waals surface area (Å²) < 4.78 is 1.52. The molecule has 2 unspecified atom stereocenters. The van der Waals surface area contributed by atoms with Crippen LogP contribution in [0.4, 0.5) is 5.82 Å². The number of aromatic nitrogens is 4. The number of carbonyl (C=O) groups excluding carboxylic acids is 1. The van der Waals surface area contributed by atoms with Gasteiger partial charge in [0.2, 0.25) is 5.91 Å². The Morgan fingerprint density at radius 2 is 2.04 bits per heavy atom. The molecule has 128 valence electrons. The van der Waals surface area contributed by atoms with E-state index in [2.05, 4.69) is 26.1 Å². The maximum atomic E-state index is 12.5. The first kappa shape index (κ1) is 16.1. The summed E-state index contributed by atoms with van der Waals surface area (Å²) in [6.07, 6.45) is 3.27. The quantitative estimate of drug-likeness (QED) is 0.683. The van der Waals surface area contributed by atoms with Gasteiger partial charge in [-0.3, -0.25) is 15.6 Å². The van der Waals surface area contributed by atoms with E-state index in [1.807, 2.05) is 12.1 Å². The van der Waals surface area contributed by atoms with Gasteiger partial charge < -0.3 is 0 Å². The van der Waals surface area contributed by atoms with E-state index < -0.39 is 0 Å². The monoisotopic (exact) mass is 376 g/mol. The first-order valence-corrected chi connectivity index (χ1v) is 8.55. The number of halogens is 2. The molecule has 9 heteroatoms. The number of hydrazine groups is 1. The van der Waals surface area contributed by atoms with E-state index >= 15 is 0 Å². The van der Waals surface area contributed by atoms with Gasteiger partial charge in [-0.05, 0) is 48.6 Å². The minimum atomic E-state index is -0.108. The Bertz CT molecular complexity index is 943. The van der Waals surface area contributed by atoms with Gasteiger partial charge in [0.05, 0.1) is 10.0 Å². The molecule has 3 aromatic rings. The first-order valence-electron chi connectivity index (χ1n) is 7.80. The normalized spacial score (nSPS) is 19.4. The molecule has 2 N–H and O–H groups in total. The standard InChI is InChI=1S/C16H14Cl2N6O/c17-12-4-1-9(7-13(12)18)10-2-3-11(10)16(25)22-20-14-5-6-15-21-19-8-24(15)23-14/h1,4-8,10-11H,2-3H2,(H,20,23)(H,22,25). The highest BCUT2D eigenvalue weighted by Gasteiger charge is 2.37. The Labute approximate surface area is 153 Å². The third-order valence-electron chi connectivity index (χ3n) is 4.46. The summed E-state index contributed by atoms with van der Waals surface area (Å²) >= 11 is 12.0. The van der Waals surface area contributed by atoms with Crippen molar-refractivity contribution in [2.75, 3.05) is 5.43 Å². The third kappa shape index (κ3) is 3.12. The SMILES string of the molecule is O=C(NNc1ccc2nncn2n1)C1CCC1c1ccc(Cl)c(Cl)c1. The van der Waals surface area contributed by atoms with Gasteiger partial charge in [0.15, 0.2) is 11.5 Å². The molecule has 25 heavy (non-hydrogen) atoms. The molecule has 1 amide bonds. The fourth-order valence-corrected chi connectivity index (χ4v) is 3.28. The van der Waals surface area contributed by atoms with Gasteiger partial charge in [-0.2, -0.15) is 4.52 Å². The van der Waals surface area contributed by atoms with Gasteiger partial charge in [-0.15, -0.1) is 15.3 Å². The Kier molecular flexibility index (Phi) is 4.19. The molecular formula is C16H14Cl2N6O. The molecule has 2 aromatic heterocycles. The second-order valence-corrected chi connectivity index (χ2v) is 6.74. The summed E-state index contributed by atoms with van der Waals surface area (Å²) in [6, 6.07) is 9.01. The smallest absolute Gasteiger partial charge is 0.242 e. The van der Waals surface area contributed by atoms with Gasteiger partial charge in [0.1, 0.15) is 6.33 Å². The predicted molar refractivity (Wildman–Crippen MR) is 94.5 cm³/mol. The maximum Gasteiger partial charge on any atom is 0.242 e. The molecule has 0 aliphatic heterocycles. The number of hydrogen-bond donors (Lipinski definition) is 2. The van der Waals surface area contributed by atoms with Crippen LogP contribution in [0.3, 0.4) is 0 Å². The number of benzene rings is 1. The van der Waals surface area contributed by atoms with Crippen LogP contribution in [0.5, 0.6) is 0 Å². The van der Waals surface area contributed by atoms with Crippen molar-refractivity contribution < 1.29 is 4.79 Å². The summed E-state index contributed by atoms with van der Waals surface area (Å²) in [5, 5.41) is 12.9. The van der Waals surface area contributed by atoms with Crippen molar-refractivity contribution in [3.05, 3.63) is 52.3 Å². The van der Waals surface area contributed by atoms with Crippen LogP contribution < -0.4 is 10.9 Å². The fourth-order valence-electron chi connectivity index (χ4n) is 2.97. The molecule has 4 rings (SSSR count). The molecule has 1 aliphatic carbocycles. The summed E-state index contributed by atoms with van der Waals surface area (Å²) in [5.74, 6) is 0.465. The van der Waals surface area contributed by atoms with Crippen molar-refractivity contribution in [2.24, 2.45) is 5.92 Å². The number of amides is 1. The molecule has 0 saturated heterocycles. The molecule has 0 spiro atoms. The van der Waals surface area contributed by atoms with Crippen LogP contribution in [0, 0.1) is 5.92 Å². The highest BCUT2D eigenvalue weighted by Crippen LogP contribution is 2.43. The number of nitrogens with zero attached hydrogens (tertiary/aromatic N) is 4. The lowest BCUT2D eigenvalue weighted by Gasteiger charge is -2.35. The molecule has 1 fully saturated rings. The Morgan fingerprint density at radius 3 is 2.80 bits per heavy atom. The van der Waals surface area contributed by atoms with E-state index in [1.54, 1.807) is 18.2 Å². The van der Waals surface area contributed by atoms with Gasteiger partial charge >= 0.3 is 0 Å². The molecular weight excluding hydrogens is 363 g/mol. The van der Waals surface area contributed by atoms with Crippen molar-refractivity contribution in [1.29, 1.82) is 0 Å². The molecule has 2 atom stereocenters. The van der Waals surface area contributed by atoms with Crippen molar-refractivity contribution in [2.45, 2.75) is 18.8 Å². The van der Waals surface area contributed by atoms with Crippen LogP contribution >= 0.6 is 23.2 Å². The van der Waals surface area contributed by atoms with Crippen LogP contribution in [-0.4, -0.2) is 25.7 Å². The van der Waals surface area contributed by atoms with Crippen LogP contribution in [0.15, 0.2) is 36.7 Å². The largest absolute Gasteiger partial charge is 0.280 e. The first-order chi connectivity index (χ1) is 12.1. The summed E-state index contributed by atoms with van der Waals surface area (Å²) in [4.78, 5) is 12.5. The third-order valence-corrected chi connectivity index (χ3v) is 5.20. The average Bonchev–Trinajstić information content (AvgIpc) is 3.03. The summed E-state index contributed by atoms with van der Waals surface area (Å²) in [6.45, 7) is 0. The molecule has 7 nitrogen and oxygen atoms in total. The van der Waals surface area contributed by atoms with Crippen molar-refractivity contribution in [3.8, 4) is 0 Å². The summed E-state index contributed by atoms with van der Waals surface area (Å²) in [5.41, 5.74) is 7.22. The zero-order valence-electron chi connectivity index (χ0n) is 13.0. The average molecular weight is 377 g/mol. The Balaban J connectivity index is 1.41. The molecule has 0 radical (unpaired) electrons. The number of carbonyl (C=O) groups is 1. The van der Waals surface area contributed by atoms with Gasteiger partial charge in [0.25, 0.3) is 0 Å². The van der Waals surface area contributed by atoms with E-state index in [4.69, 9.17) is 23.2 Å². The van der Waals surface area contributed by atoms with Crippen molar-refractivity contribution >= 4 is 40.6 Å². The van der Waals surface area contributed by atoms with E-state index in [1.165, 1.54) is 10.8 Å². The van der Waals surface area contributed by atoms with Crippen LogP contribution in [-0.2, 0) is 4.79 Å². The van der Waals surface area contributed by atoms with Crippen LogP contribution in [0.25, 0.3) is 5.65 Å². The zero-order valence-corrected chi connectivity index (χ0v) is 14.5. The topological polar surface area (TPSA) is 84.2 Å². The second kappa shape index (κ2) is 6.50. The lowest BCUT2D eigenvalue weighted by Crippen LogP contribution is -2.42. The number of rotatable bonds is 4. The van der Waals surface area contributed by atoms with Crippen LogP contribution in [0.2, 0.25) is 10.0 Å². The minimum Gasteiger partial charge on any atom is -0.280 e. The maximum absolute atomic E-state index is 12.5. The highest BCUT2D eigenvalue weighted by atomic mass is 35.5. The summed E-state index contributed by atoms with van der Waals surface area (Å²) in [7, 11) is 0. The van der Waals surface area contributed by atoms with E-state index in [9.17, 15) is 4.79 Å². The minimum absolute atomic E-state index is 0.0759. The Hall–Kier alpha value is -2.38. The number of fused-ring (bicyclic) bond motifs is 1. The molecule has 1 aromatic carbocycles.